The zero-order valence-corrected chi connectivity index (χ0v) is 11.4. The predicted molar refractivity (Wildman–Crippen MR) is 60.8 cm³/mol. The number of pyridine rings is 2. The Balaban J connectivity index is 0. The molecule has 114 valence electrons. The molecule has 0 aliphatic heterocycles. The van der Waals surface area contributed by atoms with E-state index in [1.165, 1.54) is 24.8 Å². The average Bonchev–Trinajstić information content (AvgIpc) is 2.42. The second-order valence-corrected chi connectivity index (χ2v) is 3.05. The molecule has 2 rings (SSSR count). The van der Waals surface area contributed by atoms with Crippen molar-refractivity contribution in [1.82, 2.24) is 0 Å². The Kier molecular flexibility index (Phi) is 12.2. The van der Waals surface area contributed by atoms with Crippen LogP contribution < -0.4 is 19.7 Å². The summed E-state index contributed by atoms with van der Waals surface area (Å²) >= 11 is 0. The molecule has 0 N–H and O–H groups in total. The van der Waals surface area contributed by atoms with Crippen LogP contribution in [0.4, 0.5) is 0 Å². The molecule has 2 aromatic heterocycles. The van der Waals surface area contributed by atoms with Crippen molar-refractivity contribution >= 4 is 11.9 Å². The van der Waals surface area contributed by atoms with E-state index in [1.807, 2.05) is 0 Å². The van der Waals surface area contributed by atoms with E-state index in [4.69, 9.17) is 19.8 Å². The van der Waals surface area contributed by atoms with Gasteiger partial charge in [0.2, 0.25) is 0 Å². The molecule has 8 nitrogen and oxygen atoms in total. The zero-order valence-electron chi connectivity index (χ0n) is 10.4. The van der Waals surface area contributed by atoms with E-state index in [0.29, 0.717) is 0 Å². The quantitative estimate of drug-likeness (QED) is 0.219. The summed E-state index contributed by atoms with van der Waals surface area (Å²) in [5, 5.41) is 38.2. The van der Waals surface area contributed by atoms with Crippen LogP contribution in [0.25, 0.3) is 0 Å². The van der Waals surface area contributed by atoms with Crippen LogP contribution in [-0.4, -0.2) is 11.9 Å². The largest absolute Gasteiger partial charge is 2.00 e. The fourth-order valence-electron chi connectivity index (χ4n) is 0.766. The second-order valence-electron chi connectivity index (χ2n) is 3.05. The second kappa shape index (κ2) is 12.4. The maximum Gasteiger partial charge on any atom is 2.00 e. The topological polar surface area (TPSA) is 134 Å². The van der Waals surface area contributed by atoms with E-state index < -0.39 is 11.9 Å². The van der Waals surface area contributed by atoms with Gasteiger partial charge in [0, 0.05) is 24.3 Å². The van der Waals surface area contributed by atoms with Gasteiger partial charge in [-0.15, -0.1) is 0 Å². The number of carboxylic acid groups (broad SMARTS) is 2. The Morgan fingerprint density at radius 1 is 0.619 bits per heavy atom. The van der Waals surface area contributed by atoms with Crippen LogP contribution in [-0.2, 0) is 26.1 Å². The van der Waals surface area contributed by atoms with Gasteiger partial charge in [0.05, 0.1) is 11.9 Å². The minimum Gasteiger partial charge on any atom is -0.619 e. The maximum absolute atomic E-state index is 10.2. The summed E-state index contributed by atoms with van der Waals surface area (Å²) in [6, 6.07) is 10.4. The van der Waals surface area contributed by atoms with Crippen molar-refractivity contribution in [1.29, 1.82) is 0 Å². The molecule has 0 aliphatic carbocycles. The molecule has 0 amide bonds. The first kappa shape index (κ1) is 20.6. The Hall–Kier alpha value is -2.67. The third kappa shape index (κ3) is 13.6. The van der Waals surface area contributed by atoms with Gasteiger partial charge in [-0.05, 0) is 0 Å². The number of hydrogen-bond donors (Lipinski definition) is 0. The number of hydrogen-bond acceptors (Lipinski definition) is 6. The number of rotatable bonds is 0. The van der Waals surface area contributed by atoms with Crippen LogP contribution in [0.3, 0.4) is 0 Å². The van der Waals surface area contributed by atoms with Gasteiger partial charge in [-0.3, -0.25) is 0 Å². The molecular formula is C12H10N2NiO6. The first-order valence-corrected chi connectivity index (χ1v) is 5.13. The summed E-state index contributed by atoms with van der Waals surface area (Å²) in [6.07, 6.45) is 5.78. The normalized spacial score (nSPS) is 7.81. The van der Waals surface area contributed by atoms with E-state index in [2.05, 4.69) is 0 Å². The standard InChI is InChI=1S/2C5H5NO.C2H2O4.Ni/c2*7-6-4-2-1-3-5-6;3-1(4)2(5)6;/h2*1-5H;(H,3,4)(H,5,6);/q;;;+2/p-2. The van der Waals surface area contributed by atoms with E-state index in [0.717, 1.165) is 9.46 Å². The molecule has 0 unspecified atom stereocenters. The van der Waals surface area contributed by atoms with Crippen molar-refractivity contribution in [3.8, 4) is 0 Å². The van der Waals surface area contributed by atoms with Crippen molar-refractivity contribution in [2.75, 3.05) is 0 Å². The van der Waals surface area contributed by atoms with Crippen LogP contribution >= 0.6 is 0 Å². The molecule has 0 aliphatic rings. The average molecular weight is 337 g/mol. The summed E-state index contributed by atoms with van der Waals surface area (Å²) in [7, 11) is 0. The molecule has 0 radical (unpaired) electrons. The van der Waals surface area contributed by atoms with Gasteiger partial charge < -0.3 is 30.2 Å². The molecule has 21 heavy (non-hydrogen) atoms. The van der Waals surface area contributed by atoms with Crippen molar-refractivity contribution in [2.45, 2.75) is 0 Å². The summed E-state index contributed by atoms with van der Waals surface area (Å²) in [5.74, 6) is -4.37. The fraction of sp³-hybridized carbons (Fsp3) is 0. The summed E-state index contributed by atoms with van der Waals surface area (Å²) in [5.41, 5.74) is 0. The Morgan fingerprint density at radius 3 is 0.952 bits per heavy atom. The summed E-state index contributed by atoms with van der Waals surface area (Å²) in [4.78, 5) is 17.9. The van der Waals surface area contributed by atoms with Crippen LogP contribution in [0.15, 0.2) is 61.2 Å². The molecule has 0 spiro atoms. The van der Waals surface area contributed by atoms with Gasteiger partial charge in [-0.2, -0.15) is 9.46 Å². The van der Waals surface area contributed by atoms with Gasteiger partial charge in [0.15, 0.2) is 24.8 Å². The van der Waals surface area contributed by atoms with Gasteiger partial charge in [0.25, 0.3) is 0 Å². The van der Waals surface area contributed by atoms with Crippen LogP contribution in [0.2, 0.25) is 0 Å². The van der Waals surface area contributed by atoms with Crippen LogP contribution in [0.5, 0.6) is 0 Å². The number of carboxylic acids is 2. The molecular weight excluding hydrogens is 327 g/mol. The third-order valence-corrected chi connectivity index (χ3v) is 1.54. The fourth-order valence-corrected chi connectivity index (χ4v) is 0.766. The minimum atomic E-state index is -2.19. The number of nitrogens with zero attached hydrogens (tertiary/aromatic N) is 2. The SMILES string of the molecule is O=C([O-])C(=O)[O-].[Ni+2].[O-][n+]1ccccc1.[O-][n+]1ccccc1. The predicted octanol–water partition coefficient (Wildman–Crippen LogP) is -2.88. The first-order valence-electron chi connectivity index (χ1n) is 5.13. The monoisotopic (exact) mass is 336 g/mol. The van der Waals surface area contributed by atoms with Crippen molar-refractivity contribution in [2.24, 2.45) is 0 Å². The van der Waals surface area contributed by atoms with Crippen LogP contribution in [0.1, 0.15) is 0 Å². The number of carbonyl (C=O) groups excluding carboxylic acids is 2. The summed E-state index contributed by atoms with van der Waals surface area (Å²) < 4.78 is 1.50. The van der Waals surface area contributed by atoms with Crippen LogP contribution in [0, 0.1) is 10.4 Å². The number of carbonyl (C=O) groups is 2. The molecule has 0 atom stereocenters. The zero-order chi connectivity index (χ0) is 15.4. The molecule has 0 saturated heterocycles. The maximum atomic E-state index is 10.2. The van der Waals surface area contributed by atoms with E-state index in [9.17, 15) is 10.4 Å². The van der Waals surface area contributed by atoms with E-state index in [1.54, 1.807) is 36.4 Å². The molecule has 2 heterocycles. The Bertz CT molecular complexity index is 474. The Morgan fingerprint density at radius 2 is 0.857 bits per heavy atom. The number of aliphatic carboxylic acids is 2. The molecule has 0 saturated carbocycles. The van der Waals surface area contributed by atoms with Crippen molar-refractivity contribution < 1.29 is 45.8 Å². The van der Waals surface area contributed by atoms with Gasteiger partial charge >= 0.3 is 16.5 Å². The van der Waals surface area contributed by atoms with Crippen molar-refractivity contribution in [3.05, 3.63) is 71.6 Å². The molecule has 0 bridgehead atoms. The van der Waals surface area contributed by atoms with Gasteiger partial charge in [-0.25, -0.2) is 0 Å². The smallest absolute Gasteiger partial charge is 0.619 e. The molecule has 0 fully saturated rings. The molecule has 9 heteroatoms. The van der Waals surface area contributed by atoms with Crippen molar-refractivity contribution in [3.63, 3.8) is 0 Å². The number of aromatic nitrogens is 2. The van der Waals surface area contributed by atoms with Gasteiger partial charge in [0.1, 0.15) is 0 Å². The first-order chi connectivity index (χ1) is 9.43. The van der Waals surface area contributed by atoms with E-state index in [-0.39, 0.29) is 16.5 Å². The Labute approximate surface area is 130 Å². The third-order valence-electron chi connectivity index (χ3n) is 1.54. The minimum absolute atomic E-state index is 0. The molecule has 0 aromatic carbocycles. The summed E-state index contributed by atoms with van der Waals surface area (Å²) in [6.45, 7) is 0. The molecule has 2 aromatic rings. The van der Waals surface area contributed by atoms with E-state index >= 15 is 0 Å². The van der Waals surface area contributed by atoms with Gasteiger partial charge in [-0.1, -0.05) is 12.1 Å².